The minimum Gasteiger partial charge on any atom is -0.341 e. The van der Waals surface area contributed by atoms with Crippen LogP contribution < -0.4 is 0 Å². The molecule has 0 saturated carbocycles. The number of likely N-dealkylation sites (tertiary alicyclic amines) is 1. The number of hydrogen-bond acceptors (Lipinski definition) is 5. The van der Waals surface area contributed by atoms with Crippen molar-refractivity contribution in [2.24, 2.45) is 0 Å². The number of benzene rings is 2. The van der Waals surface area contributed by atoms with Crippen molar-refractivity contribution >= 4 is 17.7 Å². The summed E-state index contributed by atoms with van der Waals surface area (Å²) in [6, 6.07) is 20.5. The second-order valence-electron chi connectivity index (χ2n) is 8.33. The summed E-state index contributed by atoms with van der Waals surface area (Å²) >= 11 is 1.48. The molecule has 0 aliphatic carbocycles. The second kappa shape index (κ2) is 11.3. The summed E-state index contributed by atoms with van der Waals surface area (Å²) in [6.07, 6.45) is 3.81. The fourth-order valence-electron chi connectivity index (χ4n) is 3.97. The molecule has 32 heavy (non-hydrogen) atoms. The SMILES string of the molecule is CN(Cc1ccccc1)C(=O)CSc1nnc(CN2CCCCC2)n1Cc1ccccc1. The van der Waals surface area contributed by atoms with Crippen molar-refractivity contribution in [3.63, 3.8) is 0 Å². The number of nitrogens with zero attached hydrogens (tertiary/aromatic N) is 5. The largest absolute Gasteiger partial charge is 0.341 e. The van der Waals surface area contributed by atoms with Gasteiger partial charge in [0.25, 0.3) is 0 Å². The van der Waals surface area contributed by atoms with Crippen LogP contribution in [0, 0.1) is 0 Å². The third-order valence-corrected chi connectivity index (χ3v) is 6.76. The first kappa shape index (κ1) is 22.6. The Kier molecular flexibility index (Phi) is 7.96. The second-order valence-corrected chi connectivity index (χ2v) is 9.27. The summed E-state index contributed by atoms with van der Waals surface area (Å²) in [7, 11) is 1.85. The van der Waals surface area contributed by atoms with Crippen LogP contribution in [-0.2, 0) is 24.4 Å². The minimum absolute atomic E-state index is 0.0886. The lowest BCUT2D eigenvalue weighted by Gasteiger charge is -2.26. The molecule has 2 heterocycles. The average Bonchev–Trinajstić information content (AvgIpc) is 3.20. The van der Waals surface area contributed by atoms with Gasteiger partial charge in [0.2, 0.25) is 5.91 Å². The van der Waals surface area contributed by atoms with E-state index in [1.807, 2.05) is 43.4 Å². The van der Waals surface area contributed by atoms with E-state index in [1.165, 1.54) is 36.6 Å². The molecular weight excluding hydrogens is 418 g/mol. The van der Waals surface area contributed by atoms with Crippen LogP contribution in [0.2, 0.25) is 0 Å². The highest BCUT2D eigenvalue weighted by Crippen LogP contribution is 2.21. The maximum Gasteiger partial charge on any atom is 0.233 e. The molecule has 1 amide bonds. The lowest BCUT2D eigenvalue weighted by Crippen LogP contribution is -2.30. The molecule has 0 bridgehead atoms. The zero-order valence-corrected chi connectivity index (χ0v) is 19.5. The molecule has 6 nitrogen and oxygen atoms in total. The summed E-state index contributed by atoms with van der Waals surface area (Å²) in [4.78, 5) is 17.0. The van der Waals surface area contributed by atoms with E-state index in [1.54, 1.807) is 4.90 Å². The van der Waals surface area contributed by atoms with Gasteiger partial charge in [-0.3, -0.25) is 9.69 Å². The number of rotatable bonds is 9. The van der Waals surface area contributed by atoms with Crippen LogP contribution in [0.3, 0.4) is 0 Å². The van der Waals surface area contributed by atoms with E-state index in [2.05, 4.69) is 43.9 Å². The molecule has 7 heteroatoms. The van der Waals surface area contributed by atoms with Crippen LogP contribution in [0.25, 0.3) is 0 Å². The van der Waals surface area contributed by atoms with E-state index in [-0.39, 0.29) is 5.91 Å². The molecule has 4 rings (SSSR count). The Balaban J connectivity index is 1.44. The highest BCUT2D eigenvalue weighted by Gasteiger charge is 2.19. The molecule has 1 aromatic heterocycles. The van der Waals surface area contributed by atoms with Gasteiger partial charge in [-0.2, -0.15) is 0 Å². The van der Waals surface area contributed by atoms with E-state index in [4.69, 9.17) is 0 Å². The smallest absolute Gasteiger partial charge is 0.233 e. The van der Waals surface area contributed by atoms with E-state index in [0.717, 1.165) is 36.2 Å². The monoisotopic (exact) mass is 449 g/mol. The molecule has 2 aromatic carbocycles. The van der Waals surface area contributed by atoms with Gasteiger partial charge in [0, 0.05) is 13.6 Å². The molecule has 0 unspecified atom stereocenters. The van der Waals surface area contributed by atoms with Crippen molar-refractivity contribution in [1.29, 1.82) is 0 Å². The van der Waals surface area contributed by atoms with Crippen molar-refractivity contribution < 1.29 is 4.79 Å². The number of carbonyl (C=O) groups excluding carboxylic acids is 1. The van der Waals surface area contributed by atoms with Crippen molar-refractivity contribution in [2.45, 2.75) is 44.1 Å². The lowest BCUT2D eigenvalue weighted by atomic mass is 10.1. The molecule has 1 fully saturated rings. The van der Waals surface area contributed by atoms with E-state index < -0.39 is 0 Å². The summed E-state index contributed by atoms with van der Waals surface area (Å²) < 4.78 is 2.18. The Morgan fingerprint density at radius 1 is 0.906 bits per heavy atom. The van der Waals surface area contributed by atoms with E-state index >= 15 is 0 Å². The van der Waals surface area contributed by atoms with Gasteiger partial charge in [-0.05, 0) is 37.1 Å². The molecule has 168 valence electrons. The fourth-order valence-corrected chi connectivity index (χ4v) is 4.86. The van der Waals surface area contributed by atoms with Crippen LogP contribution in [0.1, 0.15) is 36.2 Å². The van der Waals surface area contributed by atoms with Crippen LogP contribution in [-0.4, -0.2) is 56.4 Å². The summed E-state index contributed by atoms with van der Waals surface area (Å²) in [5, 5.41) is 9.80. The van der Waals surface area contributed by atoms with Gasteiger partial charge in [0.15, 0.2) is 5.16 Å². The molecule has 0 radical (unpaired) electrons. The molecule has 1 aliphatic heterocycles. The van der Waals surface area contributed by atoms with Gasteiger partial charge in [-0.1, -0.05) is 78.8 Å². The third-order valence-electron chi connectivity index (χ3n) is 5.80. The number of thioether (sulfide) groups is 1. The Morgan fingerprint density at radius 2 is 1.56 bits per heavy atom. The zero-order chi connectivity index (χ0) is 22.2. The van der Waals surface area contributed by atoms with Crippen LogP contribution in [0.5, 0.6) is 0 Å². The maximum absolute atomic E-state index is 12.8. The number of hydrogen-bond donors (Lipinski definition) is 0. The number of piperidine rings is 1. The predicted molar refractivity (Wildman–Crippen MR) is 128 cm³/mol. The lowest BCUT2D eigenvalue weighted by molar-refractivity contribution is -0.127. The van der Waals surface area contributed by atoms with Crippen LogP contribution in [0.15, 0.2) is 65.8 Å². The van der Waals surface area contributed by atoms with Crippen molar-refractivity contribution in [2.75, 3.05) is 25.9 Å². The topological polar surface area (TPSA) is 54.3 Å². The van der Waals surface area contributed by atoms with Gasteiger partial charge >= 0.3 is 0 Å². The highest BCUT2D eigenvalue weighted by atomic mass is 32.2. The average molecular weight is 450 g/mol. The first-order valence-corrected chi connectivity index (χ1v) is 12.3. The first-order chi connectivity index (χ1) is 15.7. The highest BCUT2D eigenvalue weighted by molar-refractivity contribution is 7.99. The van der Waals surface area contributed by atoms with Gasteiger partial charge in [-0.15, -0.1) is 10.2 Å². The molecule has 1 aliphatic rings. The Hall–Kier alpha value is -2.64. The molecule has 3 aromatic rings. The Labute approximate surface area is 194 Å². The van der Waals surface area contributed by atoms with Crippen molar-refractivity contribution in [3.05, 3.63) is 77.6 Å². The molecular formula is C25H31N5OS. The zero-order valence-electron chi connectivity index (χ0n) is 18.7. The summed E-state index contributed by atoms with van der Waals surface area (Å²) in [5.74, 6) is 1.41. The van der Waals surface area contributed by atoms with Gasteiger partial charge < -0.3 is 9.47 Å². The van der Waals surface area contributed by atoms with Gasteiger partial charge in [-0.25, -0.2) is 0 Å². The predicted octanol–water partition coefficient (Wildman–Crippen LogP) is 4.06. The Bertz CT molecular complexity index is 986. The number of carbonyl (C=O) groups is 1. The van der Waals surface area contributed by atoms with Crippen molar-refractivity contribution in [3.8, 4) is 0 Å². The Morgan fingerprint density at radius 3 is 2.25 bits per heavy atom. The number of aromatic nitrogens is 3. The first-order valence-electron chi connectivity index (χ1n) is 11.3. The quantitative estimate of drug-likeness (QED) is 0.461. The van der Waals surface area contributed by atoms with E-state index in [9.17, 15) is 4.79 Å². The standard InChI is InChI=1S/C25H31N5OS/c1-28(17-21-11-5-2-6-12-21)24(31)20-32-25-27-26-23(19-29-15-9-4-10-16-29)30(25)18-22-13-7-3-8-14-22/h2-3,5-8,11-14H,4,9-10,15-20H2,1H3. The molecule has 0 spiro atoms. The summed E-state index contributed by atoms with van der Waals surface area (Å²) in [6.45, 7) is 4.36. The van der Waals surface area contributed by atoms with Crippen molar-refractivity contribution in [1.82, 2.24) is 24.6 Å². The normalized spacial score (nSPS) is 14.4. The molecule has 1 saturated heterocycles. The van der Waals surface area contributed by atoms with E-state index in [0.29, 0.717) is 18.8 Å². The summed E-state index contributed by atoms with van der Waals surface area (Å²) in [5.41, 5.74) is 2.34. The maximum atomic E-state index is 12.8. The molecule has 0 N–H and O–H groups in total. The van der Waals surface area contributed by atoms with Crippen LogP contribution in [0.4, 0.5) is 0 Å². The van der Waals surface area contributed by atoms with Crippen LogP contribution >= 0.6 is 11.8 Å². The number of amides is 1. The van der Waals surface area contributed by atoms with Gasteiger partial charge in [0.05, 0.1) is 18.8 Å². The van der Waals surface area contributed by atoms with Gasteiger partial charge in [0.1, 0.15) is 5.82 Å². The minimum atomic E-state index is 0.0886. The fraction of sp³-hybridized carbons (Fsp3) is 0.400. The molecule has 0 atom stereocenters. The third kappa shape index (κ3) is 6.20.